The third-order valence-corrected chi connectivity index (χ3v) is 6.81. The molecular formula is C18H25Br2F. The van der Waals surface area contributed by atoms with Crippen molar-refractivity contribution in [3.8, 4) is 0 Å². The maximum atomic E-state index is 14.1. The lowest BCUT2D eigenvalue weighted by Crippen LogP contribution is -2.35. The van der Waals surface area contributed by atoms with Crippen molar-refractivity contribution in [3.63, 3.8) is 0 Å². The molecule has 0 radical (unpaired) electrons. The molecule has 1 aromatic carbocycles. The second-order valence-corrected chi connectivity index (χ2v) is 9.16. The van der Waals surface area contributed by atoms with Crippen molar-refractivity contribution in [1.82, 2.24) is 0 Å². The molecule has 21 heavy (non-hydrogen) atoms. The van der Waals surface area contributed by atoms with Crippen LogP contribution in [0.1, 0.15) is 52.0 Å². The SMILES string of the molecule is CC(C)(C)C1CCC(CBr)(Cc2cc(Br)ccc2F)CC1. The second-order valence-electron chi connectivity index (χ2n) is 7.69. The van der Waals surface area contributed by atoms with E-state index in [0.29, 0.717) is 5.41 Å². The fourth-order valence-electron chi connectivity index (χ4n) is 3.54. The molecule has 0 atom stereocenters. The van der Waals surface area contributed by atoms with Crippen molar-refractivity contribution >= 4 is 31.9 Å². The molecule has 1 aromatic rings. The van der Waals surface area contributed by atoms with Crippen molar-refractivity contribution in [2.75, 3.05) is 5.33 Å². The quantitative estimate of drug-likeness (QED) is 0.475. The predicted molar refractivity (Wildman–Crippen MR) is 95.4 cm³/mol. The van der Waals surface area contributed by atoms with Crippen LogP contribution in [-0.4, -0.2) is 5.33 Å². The van der Waals surface area contributed by atoms with Crippen LogP contribution in [0.25, 0.3) is 0 Å². The standard InChI is InChI=1S/C18H25Br2F/c1-17(2,3)14-6-8-18(12-19,9-7-14)11-13-10-15(20)4-5-16(13)21/h4-5,10,14H,6-9,11-12H2,1-3H3. The summed E-state index contributed by atoms with van der Waals surface area (Å²) in [6, 6.07) is 5.29. The van der Waals surface area contributed by atoms with Gasteiger partial charge in [0.25, 0.3) is 0 Å². The monoisotopic (exact) mass is 418 g/mol. The summed E-state index contributed by atoms with van der Waals surface area (Å²) in [5, 5.41) is 0.961. The summed E-state index contributed by atoms with van der Waals surface area (Å²) in [4.78, 5) is 0. The Hall–Kier alpha value is 0.110. The Kier molecular flexibility index (Phi) is 5.57. The van der Waals surface area contributed by atoms with Crippen LogP contribution < -0.4 is 0 Å². The highest BCUT2D eigenvalue weighted by atomic mass is 79.9. The van der Waals surface area contributed by atoms with Crippen LogP contribution in [0.3, 0.4) is 0 Å². The molecule has 1 aliphatic rings. The largest absolute Gasteiger partial charge is 0.207 e. The first kappa shape index (κ1) is 17.5. The second kappa shape index (κ2) is 6.70. The molecule has 0 aliphatic heterocycles. The van der Waals surface area contributed by atoms with Gasteiger partial charge in [0, 0.05) is 9.80 Å². The van der Waals surface area contributed by atoms with E-state index in [2.05, 4.69) is 52.6 Å². The molecule has 0 N–H and O–H groups in total. The lowest BCUT2D eigenvalue weighted by atomic mass is 9.63. The van der Waals surface area contributed by atoms with Gasteiger partial charge >= 0.3 is 0 Å². The van der Waals surface area contributed by atoms with Crippen molar-refractivity contribution in [3.05, 3.63) is 34.1 Å². The van der Waals surface area contributed by atoms with Crippen LogP contribution in [0.5, 0.6) is 0 Å². The van der Waals surface area contributed by atoms with Gasteiger partial charge in [-0.05, 0) is 72.6 Å². The van der Waals surface area contributed by atoms with Gasteiger partial charge in [0.15, 0.2) is 0 Å². The minimum atomic E-state index is -0.0727. The maximum absolute atomic E-state index is 14.1. The van der Waals surface area contributed by atoms with E-state index in [0.717, 1.165) is 27.7 Å². The zero-order chi connectivity index (χ0) is 15.7. The summed E-state index contributed by atoms with van der Waals surface area (Å²) in [7, 11) is 0. The van der Waals surface area contributed by atoms with Crippen molar-refractivity contribution in [2.24, 2.45) is 16.7 Å². The zero-order valence-corrected chi connectivity index (χ0v) is 16.4. The highest BCUT2D eigenvalue weighted by Gasteiger charge is 2.38. The number of halogens is 3. The van der Waals surface area contributed by atoms with Gasteiger partial charge in [0.1, 0.15) is 5.82 Å². The lowest BCUT2D eigenvalue weighted by Gasteiger charge is -2.43. The third-order valence-electron chi connectivity index (χ3n) is 5.13. The van der Waals surface area contributed by atoms with Gasteiger partial charge in [-0.2, -0.15) is 0 Å². The molecule has 2 rings (SSSR count). The zero-order valence-electron chi connectivity index (χ0n) is 13.2. The Balaban J connectivity index is 2.12. The summed E-state index contributed by atoms with van der Waals surface area (Å²) in [5.74, 6) is 0.716. The minimum Gasteiger partial charge on any atom is -0.207 e. The van der Waals surface area contributed by atoms with E-state index >= 15 is 0 Å². The van der Waals surface area contributed by atoms with E-state index in [-0.39, 0.29) is 11.2 Å². The van der Waals surface area contributed by atoms with Crippen LogP contribution in [-0.2, 0) is 6.42 Å². The van der Waals surface area contributed by atoms with Crippen molar-refractivity contribution in [2.45, 2.75) is 52.9 Å². The van der Waals surface area contributed by atoms with Gasteiger partial charge in [-0.25, -0.2) is 4.39 Å². The summed E-state index contributed by atoms with van der Waals surface area (Å²) in [6.45, 7) is 7.02. The van der Waals surface area contributed by atoms with E-state index in [1.54, 1.807) is 12.1 Å². The minimum absolute atomic E-state index is 0.0727. The molecule has 0 saturated heterocycles. The normalized spacial score (nSPS) is 26.9. The summed E-state index contributed by atoms with van der Waals surface area (Å²) < 4.78 is 15.0. The van der Waals surface area contributed by atoms with Gasteiger partial charge in [0.05, 0.1) is 0 Å². The number of rotatable bonds is 3. The van der Waals surface area contributed by atoms with E-state index in [9.17, 15) is 4.39 Å². The van der Waals surface area contributed by atoms with Gasteiger partial charge in [0.2, 0.25) is 0 Å². The van der Waals surface area contributed by atoms with Crippen molar-refractivity contribution in [1.29, 1.82) is 0 Å². The van der Waals surface area contributed by atoms with Crippen LogP contribution in [0, 0.1) is 22.6 Å². The molecule has 0 heterocycles. The van der Waals surface area contributed by atoms with Crippen LogP contribution in [0.2, 0.25) is 0 Å². The Bertz CT molecular complexity index is 482. The molecule has 1 saturated carbocycles. The molecule has 118 valence electrons. The molecule has 1 aliphatic carbocycles. The molecule has 0 bridgehead atoms. The van der Waals surface area contributed by atoms with Crippen LogP contribution >= 0.6 is 31.9 Å². The first-order chi connectivity index (χ1) is 9.76. The lowest BCUT2D eigenvalue weighted by molar-refractivity contribution is 0.103. The fourth-order valence-corrected chi connectivity index (χ4v) is 4.70. The Morgan fingerprint density at radius 1 is 1.24 bits per heavy atom. The number of hydrogen-bond acceptors (Lipinski definition) is 0. The van der Waals surface area contributed by atoms with Crippen LogP contribution in [0.4, 0.5) is 4.39 Å². The van der Waals surface area contributed by atoms with Gasteiger partial charge in [-0.15, -0.1) is 0 Å². The predicted octanol–water partition coefficient (Wildman–Crippen LogP) is 6.75. The molecule has 0 aromatic heterocycles. The van der Waals surface area contributed by atoms with Crippen LogP contribution in [0.15, 0.2) is 22.7 Å². The van der Waals surface area contributed by atoms with E-state index in [1.807, 2.05) is 6.07 Å². The maximum Gasteiger partial charge on any atom is 0.126 e. The first-order valence-electron chi connectivity index (χ1n) is 7.76. The molecule has 0 spiro atoms. The Morgan fingerprint density at radius 3 is 2.38 bits per heavy atom. The molecule has 3 heteroatoms. The van der Waals surface area contributed by atoms with E-state index in [4.69, 9.17) is 0 Å². The highest BCUT2D eigenvalue weighted by molar-refractivity contribution is 9.10. The Morgan fingerprint density at radius 2 is 1.86 bits per heavy atom. The smallest absolute Gasteiger partial charge is 0.126 e. The molecule has 0 amide bonds. The molecule has 1 fully saturated rings. The number of benzene rings is 1. The first-order valence-corrected chi connectivity index (χ1v) is 9.67. The molecular weight excluding hydrogens is 395 g/mol. The third kappa shape index (κ3) is 4.31. The summed E-state index contributed by atoms with van der Waals surface area (Å²) in [5.41, 5.74) is 1.45. The summed E-state index contributed by atoms with van der Waals surface area (Å²) in [6.07, 6.45) is 5.72. The van der Waals surface area contributed by atoms with Gasteiger partial charge in [-0.3, -0.25) is 0 Å². The van der Waals surface area contributed by atoms with Gasteiger partial charge in [-0.1, -0.05) is 52.6 Å². The average molecular weight is 420 g/mol. The highest BCUT2D eigenvalue weighted by Crippen LogP contribution is 2.48. The topological polar surface area (TPSA) is 0 Å². The summed E-state index contributed by atoms with van der Waals surface area (Å²) >= 11 is 7.16. The Labute approximate surface area is 145 Å². The van der Waals surface area contributed by atoms with E-state index < -0.39 is 0 Å². The van der Waals surface area contributed by atoms with Crippen molar-refractivity contribution < 1.29 is 4.39 Å². The van der Waals surface area contributed by atoms with E-state index in [1.165, 1.54) is 25.7 Å². The number of alkyl halides is 1. The molecule has 0 unspecified atom stereocenters. The number of hydrogen-bond donors (Lipinski definition) is 0. The average Bonchev–Trinajstić information content (AvgIpc) is 2.42. The molecule has 0 nitrogen and oxygen atoms in total. The fraction of sp³-hybridized carbons (Fsp3) is 0.667. The van der Waals surface area contributed by atoms with Gasteiger partial charge < -0.3 is 0 Å².